The van der Waals surface area contributed by atoms with Gasteiger partial charge in [0, 0.05) is 9.52 Å². The summed E-state index contributed by atoms with van der Waals surface area (Å²) in [6.45, 7) is 8.94. The molecule has 25 heavy (non-hydrogen) atoms. The largest absolute Gasteiger partial charge is 0.481 e. The fourth-order valence-corrected chi connectivity index (χ4v) is 6.34. The van der Waals surface area contributed by atoms with Gasteiger partial charge in [-0.3, -0.25) is 4.79 Å². The van der Waals surface area contributed by atoms with E-state index in [-0.39, 0.29) is 5.04 Å². The highest BCUT2D eigenvalue weighted by Crippen LogP contribution is 2.45. The Bertz CT molecular complexity index is 319. The van der Waals surface area contributed by atoms with Crippen LogP contribution in [0.25, 0.3) is 0 Å². The summed E-state index contributed by atoms with van der Waals surface area (Å²) in [6.07, 6.45) is 18.4. The second-order valence-electron chi connectivity index (χ2n) is 7.99. The summed E-state index contributed by atoms with van der Waals surface area (Å²) >= 11 is 0. The molecule has 0 saturated carbocycles. The highest BCUT2D eigenvalue weighted by atomic mass is 28.2. The highest BCUT2D eigenvalue weighted by Gasteiger charge is 2.42. The molecule has 0 radical (unpaired) electrons. The SMILES string of the molecule is CCCCCCCCC(CC)C(CCCCCCCC)([SiH2]C)C(=O)O. The van der Waals surface area contributed by atoms with Crippen molar-refractivity contribution < 1.29 is 9.90 Å². The van der Waals surface area contributed by atoms with E-state index in [9.17, 15) is 9.90 Å². The van der Waals surface area contributed by atoms with Gasteiger partial charge in [0.2, 0.25) is 0 Å². The Labute approximate surface area is 160 Å². The van der Waals surface area contributed by atoms with Gasteiger partial charge >= 0.3 is 5.97 Å². The third-order valence-corrected chi connectivity index (χ3v) is 8.71. The first-order valence-electron chi connectivity index (χ1n) is 11.3. The topological polar surface area (TPSA) is 37.3 Å². The first-order chi connectivity index (χ1) is 12.1. The molecular weight excluding hydrogens is 324 g/mol. The maximum atomic E-state index is 12.2. The molecule has 0 aliphatic carbocycles. The summed E-state index contributed by atoms with van der Waals surface area (Å²) in [5.41, 5.74) is 0. The lowest BCUT2D eigenvalue weighted by molar-refractivity contribution is -0.143. The van der Waals surface area contributed by atoms with Gasteiger partial charge in [0.1, 0.15) is 0 Å². The molecule has 0 aliphatic heterocycles. The third-order valence-electron chi connectivity index (χ3n) is 6.21. The molecule has 0 bridgehead atoms. The van der Waals surface area contributed by atoms with Crippen molar-refractivity contribution in [1.29, 1.82) is 0 Å². The van der Waals surface area contributed by atoms with Gasteiger partial charge in [-0.15, -0.1) is 0 Å². The molecule has 0 aromatic carbocycles. The molecule has 0 aliphatic rings. The lowest BCUT2D eigenvalue weighted by Gasteiger charge is -2.36. The number of hydrogen-bond donors (Lipinski definition) is 1. The average molecular weight is 371 g/mol. The molecule has 150 valence electrons. The summed E-state index contributed by atoms with van der Waals surface area (Å²) in [6, 6.07) is 0. The number of hydrogen-bond acceptors (Lipinski definition) is 1. The second-order valence-corrected chi connectivity index (χ2v) is 9.96. The minimum atomic E-state index is -0.576. The Morgan fingerprint density at radius 1 is 0.840 bits per heavy atom. The average Bonchev–Trinajstić information content (AvgIpc) is 2.61. The van der Waals surface area contributed by atoms with Crippen LogP contribution in [0.2, 0.25) is 11.6 Å². The van der Waals surface area contributed by atoms with Gasteiger partial charge in [-0.1, -0.05) is 111 Å². The van der Waals surface area contributed by atoms with E-state index in [1.807, 2.05) is 0 Å². The molecule has 1 N–H and O–H groups in total. The molecule has 0 aromatic rings. The van der Waals surface area contributed by atoms with E-state index in [1.54, 1.807) is 0 Å². The predicted molar refractivity (Wildman–Crippen MR) is 115 cm³/mol. The lowest BCUT2D eigenvalue weighted by atomic mass is 9.81. The number of aliphatic carboxylic acids is 1. The highest BCUT2D eigenvalue weighted by molar-refractivity contribution is 6.45. The van der Waals surface area contributed by atoms with Crippen molar-refractivity contribution in [2.75, 3.05) is 0 Å². The van der Waals surface area contributed by atoms with E-state index in [0.717, 1.165) is 25.7 Å². The lowest BCUT2D eigenvalue weighted by Crippen LogP contribution is -2.36. The molecule has 0 saturated heterocycles. The minimum absolute atomic E-state index is 0.344. The maximum Gasteiger partial charge on any atom is 0.306 e. The van der Waals surface area contributed by atoms with Crippen molar-refractivity contribution in [1.82, 2.24) is 0 Å². The van der Waals surface area contributed by atoms with Crippen molar-refractivity contribution in [3.63, 3.8) is 0 Å². The molecule has 3 heteroatoms. The fraction of sp³-hybridized carbons (Fsp3) is 0.955. The molecule has 0 spiro atoms. The summed E-state index contributed by atoms with van der Waals surface area (Å²) < 4.78 is 0. The maximum absolute atomic E-state index is 12.2. The number of carboxylic acid groups (broad SMARTS) is 1. The standard InChI is InChI=1S/C22H46O2Si/c1-5-8-10-12-14-16-18-20(7-3)22(25-4,21(23)24)19-17-15-13-11-9-6-2/h20H,5-19,25H2,1-4H3,(H,23,24). The normalized spacial score (nSPS) is 15.5. The van der Waals surface area contributed by atoms with Crippen LogP contribution >= 0.6 is 0 Å². The number of rotatable bonds is 18. The molecule has 0 rings (SSSR count). The summed E-state index contributed by atoms with van der Waals surface area (Å²) in [7, 11) is -0.576. The van der Waals surface area contributed by atoms with Crippen LogP contribution in [0.4, 0.5) is 0 Å². The van der Waals surface area contributed by atoms with E-state index in [0.29, 0.717) is 5.92 Å². The van der Waals surface area contributed by atoms with Gasteiger partial charge in [-0.05, 0) is 18.8 Å². The van der Waals surface area contributed by atoms with Gasteiger partial charge in [0.05, 0.1) is 5.04 Å². The molecule has 2 atom stereocenters. The number of carboxylic acids is 1. The van der Waals surface area contributed by atoms with Gasteiger partial charge in [0.25, 0.3) is 0 Å². The monoisotopic (exact) mass is 370 g/mol. The van der Waals surface area contributed by atoms with Crippen molar-refractivity contribution in [3.8, 4) is 0 Å². The van der Waals surface area contributed by atoms with Crippen molar-refractivity contribution in [2.24, 2.45) is 5.92 Å². The van der Waals surface area contributed by atoms with E-state index < -0.39 is 15.5 Å². The van der Waals surface area contributed by atoms with Crippen LogP contribution in [0, 0.1) is 5.92 Å². The molecule has 0 amide bonds. The minimum Gasteiger partial charge on any atom is -0.481 e. The smallest absolute Gasteiger partial charge is 0.306 e. The summed E-state index contributed by atoms with van der Waals surface area (Å²) in [5, 5.41) is 9.73. The predicted octanol–water partition coefficient (Wildman–Crippen LogP) is 6.97. The van der Waals surface area contributed by atoms with Gasteiger partial charge in [0.15, 0.2) is 0 Å². The van der Waals surface area contributed by atoms with Gasteiger partial charge in [-0.2, -0.15) is 0 Å². The van der Waals surface area contributed by atoms with Crippen LogP contribution in [0.5, 0.6) is 0 Å². The molecule has 2 nitrogen and oxygen atoms in total. The van der Waals surface area contributed by atoms with Crippen molar-refractivity contribution in [3.05, 3.63) is 0 Å². The summed E-state index contributed by atoms with van der Waals surface area (Å²) in [4.78, 5) is 12.2. The van der Waals surface area contributed by atoms with Crippen LogP contribution in [-0.2, 0) is 4.79 Å². The Hall–Kier alpha value is -0.313. The van der Waals surface area contributed by atoms with E-state index in [1.165, 1.54) is 70.6 Å². The molecule has 0 heterocycles. The van der Waals surface area contributed by atoms with Crippen LogP contribution in [0.3, 0.4) is 0 Å². The molecule has 0 fully saturated rings. The summed E-state index contributed by atoms with van der Waals surface area (Å²) in [5.74, 6) is -0.0726. The Morgan fingerprint density at radius 3 is 1.76 bits per heavy atom. The zero-order chi connectivity index (χ0) is 19.0. The number of carbonyl (C=O) groups is 1. The Balaban J connectivity index is 4.47. The van der Waals surface area contributed by atoms with Crippen LogP contribution in [0.1, 0.15) is 117 Å². The molecule has 2 unspecified atom stereocenters. The molecular formula is C22H46O2Si. The molecule has 0 aromatic heterocycles. The van der Waals surface area contributed by atoms with Crippen LogP contribution < -0.4 is 0 Å². The second kappa shape index (κ2) is 15.9. The van der Waals surface area contributed by atoms with Crippen molar-refractivity contribution in [2.45, 2.75) is 129 Å². The zero-order valence-electron chi connectivity index (χ0n) is 17.7. The number of unbranched alkanes of at least 4 members (excludes halogenated alkanes) is 10. The third kappa shape index (κ3) is 9.82. The fourth-order valence-electron chi connectivity index (χ4n) is 4.37. The van der Waals surface area contributed by atoms with Crippen LogP contribution in [0.15, 0.2) is 0 Å². The van der Waals surface area contributed by atoms with Gasteiger partial charge in [-0.25, -0.2) is 0 Å². The van der Waals surface area contributed by atoms with Crippen LogP contribution in [-0.4, -0.2) is 20.6 Å². The van der Waals surface area contributed by atoms with E-state index >= 15 is 0 Å². The first kappa shape index (κ1) is 24.7. The van der Waals surface area contributed by atoms with E-state index in [4.69, 9.17) is 0 Å². The Kier molecular flexibility index (Phi) is 15.7. The quantitative estimate of drug-likeness (QED) is 0.209. The Morgan fingerprint density at radius 2 is 1.32 bits per heavy atom. The van der Waals surface area contributed by atoms with Gasteiger partial charge < -0.3 is 5.11 Å². The first-order valence-corrected chi connectivity index (χ1v) is 13.4. The van der Waals surface area contributed by atoms with Crippen molar-refractivity contribution >= 4 is 15.5 Å². The zero-order valence-corrected chi connectivity index (χ0v) is 19.2. The van der Waals surface area contributed by atoms with E-state index in [2.05, 4.69) is 27.3 Å².